The fourth-order valence-electron chi connectivity index (χ4n) is 1.21. The second-order valence-electron chi connectivity index (χ2n) is 2.87. The van der Waals surface area contributed by atoms with Crippen molar-refractivity contribution in [3.05, 3.63) is 34.9 Å². The van der Waals surface area contributed by atoms with Crippen molar-refractivity contribution in [2.24, 2.45) is 0 Å². The molecule has 0 N–H and O–H groups in total. The van der Waals surface area contributed by atoms with Crippen molar-refractivity contribution in [1.82, 2.24) is 0 Å². The molecule has 0 saturated carbocycles. The highest BCUT2D eigenvalue weighted by atomic mass is 16.5. The zero-order chi connectivity index (χ0) is 13.1. The largest absolute Gasteiger partial charge is 0.465 e. The van der Waals surface area contributed by atoms with Gasteiger partial charge in [-0.1, -0.05) is 44.9 Å². The third-order valence-corrected chi connectivity index (χ3v) is 1.64. The summed E-state index contributed by atoms with van der Waals surface area (Å²) in [5.74, 6) is -0.276. The predicted octanol–water partition coefficient (Wildman–Crippen LogP) is 4.14. The summed E-state index contributed by atoms with van der Waals surface area (Å²) in [5, 5.41) is 0. The highest BCUT2D eigenvalue weighted by molar-refractivity contribution is 5.89. The van der Waals surface area contributed by atoms with Gasteiger partial charge in [-0.15, -0.1) is 0 Å². The molecule has 0 aliphatic rings. The average molecular weight is 224 g/mol. The van der Waals surface area contributed by atoms with Crippen LogP contribution in [0.25, 0.3) is 0 Å². The second kappa shape index (κ2) is 10.2. The molecule has 0 heterocycles. The number of hydrogen-bond acceptors (Lipinski definition) is 2. The molecule has 0 unspecified atom stereocenters. The minimum Gasteiger partial charge on any atom is -0.465 e. The quantitative estimate of drug-likeness (QED) is 0.670. The van der Waals surface area contributed by atoms with E-state index in [0.717, 1.165) is 11.1 Å². The van der Waals surface area contributed by atoms with E-state index in [1.54, 1.807) is 0 Å². The van der Waals surface area contributed by atoms with E-state index in [0.29, 0.717) is 5.56 Å². The lowest BCUT2D eigenvalue weighted by Crippen LogP contribution is -2.01. The Labute approximate surface area is 99.6 Å². The summed E-state index contributed by atoms with van der Waals surface area (Å²) < 4.78 is 4.61. The average Bonchev–Trinajstić information content (AvgIpc) is 2.32. The van der Waals surface area contributed by atoms with Crippen molar-refractivity contribution in [2.45, 2.75) is 41.5 Å². The monoisotopic (exact) mass is 224 g/mol. The lowest BCUT2D eigenvalue weighted by Gasteiger charge is -2.01. The van der Waals surface area contributed by atoms with Gasteiger partial charge >= 0.3 is 5.97 Å². The Hall–Kier alpha value is -1.31. The summed E-state index contributed by atoms with van der Waals surface area (Å²) in [6.45, 7) is 11.9. The van der Waals surface area contributed by atoms with Gasteiger partial charge in [0.15, 0.2) is 0 Å². The molecule has 1 aromatic rings. The molecule has 0 radical (unpaired) electrons. The number of rotatable bonds is 1. The Morgan fingerprint density at radius 3 is 1.62 bits per heavy atom. The Morgan fingerprint density at radius 2 is 1.31 bits per heavy atom. The maximum atomic E-state index is 11.1. The molecule has 16 heavy (non-hydrogen) atoms. The van der Waals surface area contributed by atoms with Gasteiger partial charge < -0.3 is 4.74 Å². The van der Waals surface area contributed by atoms with Gasteiger partial charge in [0, 0.05) is 0 Å². The van der Waals surface area contributed by atoms with Crippen molar-refractivity contribution in [3.63, 3.8) is 0 Å². The van der Waals surface area contributed by atoms with Gasteiger partial charge in [-0.25, -0.2) is 4.79 Å². The minimum absolute atomic E-state index is 0.276. The third kappa shape index (κ3) is 6.23. The summed E-state index contributed by atoms with van der Waals surface area (Å²) in [5.41, 5.74) is 2.78. The maximum Gasteiger partial charge on any atom is 0.337 e. The zero-order valence-electron chi connectivity index (χ0n) is 11.5. The Kier molecular flexibility index (Phi) is 10.9. The first-order valence-electron chi connectivity index (χ1n) is 5.80. The molecule has 0 aliphatic carbocycles. The van der Waals surface area contributed by atoms with Gasteiger partial charge in [-0.2, -0.15) is 0 Å². The molecule has 0 spiro atoms. The van der Waals surface area contributed by atoms with E-state index in [1.165, 1.54) is 7.11 Å². The molecule has 0 aliphatic heterocycles. The van der Waals surface area contributed by atoms with Crippen molar-refractivity contribution < 1.29 is 9.53 Å². The van der Waals surface area contributed by atoms with E-state index in [9.17, 15) is 4.79 Å². The lowest BCUT2D eigenvalue weighted by molar-refractivity contribution is 0.0600. The van der Waals surface area contributed by atoms with Crippen LogP contribution in [0.2, 0.25) is 0 Å². The lowest BCUT2D eigenvalue weighted by atomic mass is 10.1. The first-order chi connectivity index (χ1) is 7.63. The molecule has 2 nitrogen and oxygen atoms in total. The summed E-state index contributed by atoms with van der Waals surface area (Å²) in [4.78, 5) is 11.1. The molecular weight excluding hydrogens is 200 g/mol. The number of carbonyl (C=O) groups excluding carboxylic acids is 1. The van der Waals surface area contributed by atoms with Crippen molar-refractivity contribution in [2.75, 3.05) is 7.11 Å². The Balaban J connectivity index is 0. The number of ether oxygens (including phenoxy) is 1. The van der Waals surface area contributed by atoms with Crippen LogP contribution in [0.4, 0.5) is 0 Å². The Morgan fingerprint density at radius 1 is 0.938 bits per heavy atom. The predicted molar refractivity (Wildman–Crippen MR) is 70.0 cm³/mol. The molecule has 0 fully saturated rings. The fourth-order valence-corrected chi connectivity index (χ4v) is 1.21. The van der Waals surface area contributed by atoms with Crippen LogP contribution >= 0.6 is 0 Å². The van der Waals surface area contributed by atoms with Gasteiger partial charge in [0.05, 0.1) is 12.7 Å². The normalized spacial score (nSPS) is 7.94. The molecule has 1 aromatic carbocycles. The first kappa shape index (κ1) is 17.1. The number of aryl methyl sites for hydroxylation is 2. The number of carbonyl (C=O) groups is 1. The zero-order valence-corrected chi connectivity index (χ0v) is 11.5. The highest BCUT2D eigenvalue weighted by Crippen LogP contribution is 2.09. The molecule has 2 heteroatoms. The summed E-state index contributed by atoms with van der Waals surface area (Å²) in [7, 11) is 1.39. The Bertz CT molecular complexity index is 283. The summed E-state index contributed by atoms with van der Waals surface area (Å²) in [6, 6.07) is 5.66. The molecule has 0 amide bonds. The van der Waals surface area contributed by atoms with E-state index in [-0.39, 0.29) is 5.97 Å². The van der Waals surface area contributed by atoms with E-state index in [4.69, 9.17) is 0 Å². The number of esters is 1. The van der Waals surface area contributed by atoms with E-state index in [2.05, 4.69) is 4.74 Å². The van der Waals surface area contributed by atoms with Crippen LogP contribution in [-0.4, -0.2) is 13.1 Å². The fraction of sp³-hybridized carbons (Fsp3) is 0.500. The van der Waals surface area contributed by atoms with Crippen LogP contribution in [0.15, 0.2) is 18.2 Å². The van der Waals surface area contributed by atoms with Crippen molar-refractivity contribution in [1.29, 1.82) is 0 Å². The van der Waals surface area contributed by atoms with Gasteiger partial charge in [-0.3, -0.25) is 0 Å². The minimum atomic E-state index is -0.276. The van der Waals surface area contributed by atoms with E-state index in [1.807, 2.05) is 59.7 Å². The third-order valence-electron chi connectivity index (χ3n) is 1.64. The van der Waals surface area contributed by atoms with Gasteiger partial charge in [0.1, 0.15) is 0 Å². The molecule has 1 rings (SSSR count). The van der Waals surface area contributed by atoms with Crippen LogP contribution in [0.1, 0.15) is 49.2 Å². The standard InChI is InChI=1S/C10H12O2.2C2H6/c1-7-4-8(2)6-9(5-7)10(11)12-3;2*1-2/h4-6H,1-3H3;2*1-2H3. The number of benzene rings is 1. The van der Waals surface area contributed by atoms with E-state index >= 15 is 0 Å². The topological polar surface area (TPSA) is 26.3 Å². The van der Waals surface area contributed by atoms with Crippen molar-refractivity contribution in [3.8, 4) is 0 Å². The molecule has 0 atom stereocenters. The number of methoxy groups -OCH3 is 1. The SMILES string of the molecule is CC.CC.COC(=O)c1cc(C)cc(C)c1. The molecule has 0 bridgehead atoms. The van der Waals surface area contributed by atoms with Crippen LogP contribution in [0.3, 0.4) is 0 Å². The van der Waals surface area contributed by atoms with Crippen molar-refractivity contribution >= 4 is 5.97 Å². The summed E-state index contributed by atoms with van der Waals surface area (Å²) in [6.07, 6.45) is 0. The van der Waals surface area contributed by atoms with Gasteiger partial charge in [0.25, 0.3) is 0 Å². The van der Waals surface area contributed by atoms with Crippen LogP contribution in [0, 0.1) is 13.8 Å². The van der Waals surface area contributed by atoms with Gasteiger partial charge in [-0.05, 0) is 26.0 Å². The highest BCUT2D eigenvalue weighted by Gasteiger charge is 2.04. The van der Waals surface area contributed by atoms with Crippen LogP contribution in [-0.2, 0) is 4.74 Å². The first-order valence-corrected chi connectivity index (χ1v) is 5.80. The van der Waals surface area contributed by atoms with Crippen LogP contribution in [0.5, 0.6) is 0 Å². The maximum absolute atomic E-state index is 11.1. The molecular formula is C14H24O2. The van der Waals surface area contributed by atoms with Crippen LogP contribution < -0.4 is 0 Å². The molecule has 0 saturated heterocycles. The molecule has 92 valence electrons. The van der Waals surface area contributed by atoms with E-state index < -0.39 is 0 Å². The smallest absolute Gasteiger partial charge is 0.337 e. The molecule has 0 aromatic heterocycles. The summed E-state index contributed by atoms with van der Waals surface area (Å²) >= 11 is 0. The van der Waals surface area contributed by atoms with Gasteiger partial charge in [0.2, 0.25) is 0 Å². The second-order valence-corrected chi connectivity index (χ2v) is 2.87. The number of hydrogen-bond donors (Lipinski definition) is 0.